The largest absolute Gasteiger partial charge is 0.378 e. The molecule has 0 aliphatic carbocycles. The van der Waals surface area contributed by atoms with Crippen LogP contribution in [0.2, 0.25) is 0 Å². The lowest BCUT2D eigenvalue weighted by Crippen LogP contribution is -2.08. The smallest absolute Gasteiger partial charge is 0.264 e. The van der Waals surface area contributed by atoms with E-state index in [1.165, 1.54) is 0 Å². The molecule has 0 radical (unpaired) electrons. The molecule has 0 unspecified atom stereocenters. The number of hydrogen-bond acceptors (Lipinski definition) is 4. The first-order valence-electron chi connectivity index (χ1n) is 4.49. The van der Waals surface area contributed by atoms with Crippen LogP contribution >= 0.6 is 0 Å². The molecular formula is C10H15NO3S. The molecule has 84 valence electrons. The minimum absolute atomic E-state index is 0.0898. The fourth-order valence-electron chi connectivity index (χ4n) is 1.07. The maximum atomic E-state index is 10.7. The molecule has 0 spiro atoms. The number of benzene rings is 1. The van der Waals surface area contributed by atoms with Crippen LogP contribution in [0.1, 0.15) is 5.56 Å². The van der Waals surface area contributed by atoms with Crippen LogP contribution in [0.3, 0.4) is 0 Å². The third kappa shape index (κ3) is 4.31. The van der Waals surface area contributed by atoms with Gasteiger partial charge in [0.15, 0.2) is 0 Å². The highest BCUT2D eigenvalue weighted by molar-refractivity contribution is 7.85. The third-order valence-corrected chi connectivity index (χ3v) is 2.44. The molecule has 0 saturated carbocycles. The zero-order chi connectivity index (χ0) is 11.5. The highest BCUT2D eigenvalue weighted by Gasteiger charge is 2.02. The van der Waals surface area contributed by atoms with E-state index in [0.717, 1.165) is 17.5 Å². The average Bonchev–Trinajstić information content (AvgIpc) is 2.14. The molecule has 0 bridgehead atoms. The van der Waals surface area contributed by atoms with Crippen molar-refractivity contribution in [2.45, 2.75) is 6.61 Å². The highest BCUT2D eigenvalue weighted by Crippen LogP contribution is 2.13. The Morgan fingerprint density at radius 1 is 1.20 bits per heavy atom. The molecule has 0 aliphatic heterocycles. The van der Waals surface area contributed by atoms with Gasteiger partial charge in [0.1, 0.15) is 0 Å². The summed E-state index contributed by atoms with van der Waals surface area (Å²) in [6, 6.07) is 7.53. The van der Waals surface area contributed by atoms with Gasteiger partial charge in [-0.1, -0.05) is 12.1 Å². The van der Waals surface area contributed by atoms with Gasteiger partial charge < -0.3 is 4.90 Å². The second kappa shape index (κ2) is 4.63. The maximum absolute atomic E-state index is 10.7. The SMILES string of the molecule is CN(C)c1ccc(COS(C)(=O)=O)cc1. The summed E-state index contributed by atoms with van der Waals surface area (Å²) in [7, 11) is 0.534. The molecule has 1 rings (SSSR count). The lowest BCUT2D eigenvalue weighted by atomic mass is 10.2. The van der Waals surface area contributed by atoms with Crippen LogP contribution in [-0.4, -0.2) is 28.8 Å². The van der Waals surface area contributed by atoms with Gasteiger partial charge in [-0.25, -0.2) is 0 Å². The van der Waals surface area contributed by atoms with Crippen molar-refractivity contribution >= 4 is 15.8 Å². The van der Waals surface area contributed by atoms with Crippen molar-refractivity contribution in [1.29, 1.82) is 0 Å². The quantitative estimate of drug-likeness (QED) is 0.728. The summed E-state index contributed by atoms with van der Waals surface area (Å²) in [6.07, 6.45) is 1.04. The molecule has 0 aliphatic rings. The molecule has 0 saturated heterocycles. The van der Waals surface area contributed by atoms with Crippen molar-refractivity contribution in [2.75, 3.05) is 25.3 Å². The molecule has 0 amide bonds. The molecule has 0 atom stereocenters. The Balaban J connectivity index is 2.65. The Labute approximate surface area is 90.6 Å². The number of hydrogen-bond donors (Lipinski definition) is 0. The van der Waals surface area contributed by atoms with E-state index in [4.69, 9.17) is 0 Å². The van der Waals surface area contributed by atoms with E-state index >= 15 is 0 Å². The monoisotopic (exact) mass is 229 g/mol. The fourth-order valence-corrected chi connectivity index (χ4v) is 1.42. The third-order valence-electron chi connectivity index (χ3n) is 1.89. The van der Waals surface area contributed by atoms with E-state index in [-0.39, 0.29) is 6.61 Å². The molecule has 15 heavy (non-hydrogen) atoms. The zero-order valence-electron chi connectivity index (χ0n) is 9.10. The Hall–Kier alpha value is -1.07. The molecule has 0 heterocycles. The van der Waals surface area contributed by atoms with Crippen LogP contribution in [0.4, 0.5) is 5.69 Å². The Morgan fingerprint density at radius 3 is 2.13 bits per heavy atom. The van der Waals surface area contributed by atoms with Crippen molar-refractivity contribution < 1.29 is 12.6 Å². The van der Waals surface area contributed by atoms with Crippen LogP contribution in [0, 0.1) is 0 Å². The first-order valence-corrected chi connectivity index (χ1v) is 6.31. The van der Waals surface area contributed by atoms with E-state index in [1.807, 2.05) is 43.3 Å². The molecule has 1 aromatic rings. The van der Waals surface area contributed by atoms with Crippen molar-refractivity contribution in [3.05, 3.63) is 29.8 Å². The van der Waals surface area contributed by atoms with Crippen LogP contribution in [0.15, 0.2) is 24.3 Å². The first-order chi connectivity index (χ1) is 6.88. The summed E-state index contributed by atoms with van der Waals surface area (Å²) in [4.78, 5) is 1.97. The van der Waals surface area contributed by atoms with Gasteiger partial charge in [-0.05, 0) is 17.7 Å². The lowest BCUT2D eigenvalue weighted by molar-refractivity contribution is 0.311. The van der Waals surface area contributed by atoms with Crippen molar-refractivity contribution in [2.24, 2.45) is 0 Å². The Kier molecular flexibility index (Phi) is 3.71. The molecule has 0 aromatic heterocycles. The fraction of sp³-hybridized carbons (Fsp3) is 0.400. The number of anilines is 1. The van der Waals surface area contributed by atoms with Gasteiger partial charge in [-0.15, -0.1) is 0 Å². The first kappa shape index (κ1) is 12.0. The second-order valence-electron chi connectivity index (χ2n) is 3.53. The molecule has 0 N–H and O–H groups in total. The van der Waals surface area contributed by atoms with E-state index in [9.17, 15) is 8.42 Å². The van der Waals surface area contributed by atoms with E-state index in [2.05, 4.69) is 4.18 Å². The molecule has 5 heteroatoms. The van der Waals surface area contributed by atoms with E-state index in [0.29, 0.717) is 0 Å². The minimum Gasteiger partial charge on any atom is -0.378 e. The molecule has 1 aromatic carbocycles. The summed E-state index contributed by atoms with van der Waals surface area (Å²) < 4.78 is 26.2. The topological polar surface area (TPSA) is 46.6 Å². The Morgan fingerprint density at radius 2 is 1.73 bits per heavy atom. The normalized spacial score (nSPS) is 11.4. The van der Waals surface area contributed by atoms with Gasteiger partial charge in [0.05, 0.1) is 12.9 Å². The number of rotatable bonds is 4. The molecule has 4 nitrogen and oxygen atoms in total. The average molecular weight is 229 g/mol. The van der Waals surface area contributed by atoms with Gasteiger partial charge in [0.2, 0.25) is 0 Å². The number of nitrogens with zero attached hydrogens (tertiary/aromatic N) is 1. The van der Waals surface area contributed by atoms with Gasteiger partial charge >= 0.3 is 0 Å². The van der Waals surface area contributed by atoms with Crippen LogP contribution in [0.5, 0.6) is 0 Å². The van der Waals surface area contributed by atoms with Crippen LogP contribution < -0.4 is 4.90 Å². The summed E-state index contributed by atoms with van der Waals surface area (Å²) in [5.74, 6) is 0. The van der Waals surface area contributed by atoms with Crippen LogP contribution in [-0.2, 0) is 20.9 Å². The summed E-state index contributed by atoms with van der Waals surface area (Å²) >= 11 is 0. The highest BCUT2D eigenvalue weighted by atomic mass is 32.2. The lowest BCUT2D eigenvalue weighted by Gasteiger charge is -2.12. The molecular weight excluding hydrogens is 214 g/mol. The zero-order valence-corrected chi connectivity index (χ0v) is 9.91. The second-order valence-corrected chi connectivity index (χ2v) is 5.17. The van der Waals surface area contributed by atoms with Crippen molar-refractivity contribution in [3.63, 3.8) is 0 Å². The predicted octanol–water partition coefficient (Wildman–Crippen LogP) is 1.23. The van der Waals surface area contributed by atoms with Crippen molar-refractivity contribution in [3.8, 4) is 0 Å². The predicted molar refractivity (Wildman–Crippen MR) is 60.4 cm³/mol. The Bertz CT molecular complexity index is 409. The van der Waals surface area contributed by atoms with Crippen LogP contribution in [0.25, 0.3) is 0 Å². The summed E-state index contributed by atoms with van der Waals surface area (Å²) in [6.45, 7) is 0.0898. The van der Waals surface area contributed by atoms with Gasteiger partial charge in [-0.3, -0.25) is 4.18 Å². The van der Waals surface area contributed by atoms with Crippen molar-refractivity contribution in [1.82, 2.24) is 0 Å². The van der Waals surface area contributed by atoms with Gasteiger partial charge in [0, 0.05) is 19.8 Å². The standard InChI is InChI=1S/C10H15NO3S/c1-11(2)10-6-4-9(5-7-10)8-14-15(3,12)13/h4-7H,8H2,1-3H3. The van der Waals surface area contributed by atoms with E-state index < -0.39 is 10.1 Å². The summed E-state index contributed by atoms with van der Waals surface area (Å²) in [5.41, 5.74) is 1.91. The van der Waals surface area contributed by atoms with E-state index in [1.54, 1.807) is 0 Å². The minimum atomic E-state index is -3.36. The van der Waals surface area contributed by atoms with Gasteiger partial charge in [0.25, 0.3) is 10.1 Å². The van der Waals surface area contributed by atoms with Gasteiger partial charge in [-0.2, -0.15) is 8.42 Å². The molecule has 0 fully saturated rings. The summed E-state index contributed by atoms with van der Waals surface area (Å²) in [5, 5.41) is 0. The maximum Gasteiger partial charge on any atom is 0.264 e.